The molecule has 4 rings (SSSR count). The number of methoxy groups -OCH3 is 1. The molecule has 8 N–H and O–H groups in total. The molecule has 0 spiro atoms. The van der Waals surface area contributed by atoms with Crippen LogP contribution >= 0.6 is 22.7 Å². The van der Waals surface area contributed by atoms with Gasteiger partial charge in [0.25, 0.3) is 17.7 Å². The number of amides is 3. The number of esters is 1. The highest BCUT2D eigenvalue weighted by Crippen LogP contribution is 2.34. The molecule has 2 heterocycles. The van der Waals surface area contributed by atoms with Gasteiger partial charge in [-0.05, 0) is 69.5 Å². The number of benzene rings is 2. The Morgan fingerprint density at radius 3 is 1.47 bits per heavy atom. The molecule has 0 unspecified atom stereocenters. The van der Waals surface area contributed by atoms with E-state index in [2.05, 4.69) is 20.7 Å². The summed E-state index contributed by atoms with van der Waals surface area (Å²) >= 11 is 2.03. The molecule has 4 aromatic rings. The van der Waals surface area contributed by atoms with Gasteiger partial charge in [-0.15, -0.1) is 22.7 Å². The van der Waals surface area contributed by atoms with Crippen molar-refractivity contribution in [2.24, 2.45) is 5.73 Å². The van der Waals surface area contributed by atoms with Gasteiger partial charge in [-0.2, -0.15) is 13.2 Å². The number of thiophene rings is 2. The Labute approximate surface area is 346 Å². The van der Waals surface area contributed by atoms with Gasteiger partial charge in [0.2, 0.25) is 6.29 Å². The number of carboxylic acid groups (broad SMARTS) is 1. The van der Waals surface area contributed by atoms with Crippen LogP contribution in [-0.4, -0.2) is 77.1 Å². The third kappa shape index (κ3) is 15.8. The summed E-state index contributed by atoms with van der Waals surface area (Å²) in [6, 6.07) is 15.6. The number of halogens is 3. The predicted octanol–water partition coefficient (Wildman–Crippen LogP) is 6.04. The van der Waals surface area contributed by atoms with E-state index in [-0.39, 0.29) is 53.2 Å². The van der Waals surface area contributed by atoms with Crippen LogP contribution < -0.4 is 21.7 Å². The molecular weight excluding hydrogens is 818 g/mol. The van der Waals surface area contributed by atoms with E-state index in [4.69, 9.17) is 10.5 Å². The van der Waals surface area contributed by atoms with Gasteiger partial charge in [0.1, 0.15) is 22.4 Å². The fourth-order valence-electron chi connectivity index (χ4n) is 4.90. The van der Waals surface area contributed by atoms with E-state index < -0.39 is 41.8 Å². The van der Waals surface area contributed by atoms with Gasteiger partial charge < -0.3 is 41.7 Å². The summed E-state index contributed by atoms with van der Waals surface area (Å²) in [5, 5.41) is 36.4. The minimum Gasteiger partial charge on any atom is -0.508 e. The molecule has 0 fully saturated rings. The molecule has 2 aromatic carbocycles. The van der Waals surface area contributed by atoms with Gasteiger partial charge in [-0.1, -0.05) is 65.8 Å². The average Bonchev–Trinajstić information content (AvgIpc) is 3.83. The Hall–Kier alpha value is -5.79. The number of carbonyl (C=O) groups is 6. The number of carboxylic acids is 1. The molecule has 3 amide bonds. The van der Waals surface area contributed by atoms with Crippen molar-refractivity contribution < 1.29 is 62.0 Å². The van der Waals surface area contributed by atoms with Crippen molar-refractivity contribution in [3.63, 3.8) is 0 Å². The van der Waals surface area contributed by atoms with E-state index in [0.717, 1.165) is 33.8 Å². The highest BCUT2D eigenvalue weighted by molar-refractivity contribution is 7.16. The molecule has 0 aliphatic heterocycles. The van der Waals surface area contributed by atoms with Crippen molar-refractivity contribution >= 4 is 58.6 Å². The van der Waals surface area contributed by atoms with Gasteiger partial charge in [-0.25, -0.2) is 9.59 Å². The Morgan fingerprint density at radius 1 is 0.746 bits per heavy atom. The highest BCUT2D eigenvalue weighted by atomic mass is 32.1. The van der Waals surface area contributed by atoms with Crippen LogP contribution in [0.5, 0.6) is 11.5 Å². The number of aromatic carboxylic acids is 1. The molecule has 2 aromatic heterocycles. The lowest BCUT2D eigenvalue weighted by Gasteiger charge is -2.20. The summed E-state index contributed by atoms with van der Waals surface area (Å²) in [5.74, 6) is -2.55. The third-order valence-corrected chi connectivity index (χ3v) is 10.1. The summed E-state index contributed by atoms with van der Waals surface area (Å²) < 4.78 is 35.9. The highest BCUT2D eigenvalue weighted by Gasteiger charge is 2.30. The van der Waals surface area contributed by atoms with Crippen LogP contribution in [0.2, 0.25) is 0 Å². The smallest absolute Gasteiger partial charge is 0.446 e. The molecule has 0 aliphatic carbocycles. The summed E-state index contributed by atoms with van der Waals surface area (Å²) in [5.41, 5.74) is 7.66. The Bertz CT molecular complexity index is 2120. The molecule has 0 aliphatic rings. The van der Waals surface area contributed by atoms with Crippen molar-refractivity contribution in [1.29, 1.82) is 0 Å². The van der Waals surface area contributed by atoms with Gasteiger partial charge in [-0.3, -0.25) is 19.2 Å². The number of ether oxygens (including phenoxy) is 1. The molecule has 0 bridgehead atoms. The van der Waals surface area contributed by atoms with E-state index in [0.29, 0.717) is 25.8 Å². The fourth-order valence-corrected chi connectivity index (χ4v) is 7.21. The maximum atomic E-state index is 12.8. The lowest BCUT2D eigenvalue weighted by Crippen LogP contribution is -2.46. The lowest BCUT2D eigenvalue weighted by molar-refractivity contribution is -0.156. The van der Waals surface area contributed by atoms with Crippen LogP contribution in [0.3, 0.4) is 0 Å². The number of nitrogens with one attached hydrogen (secondary N) is 3. The first kappa shape index (κ1) is 49.4. The van der Waals surface area contributed by atoms with Crippen LogP contribution in [0.1, 0.15) is 102 Å². The third-order valence-electron chi connectivity index (χ3n) is 7.82. The normalized spacial score (nSPS) is 11.7. The van der Waals surface area contributed by atoms with E-state index in [1.54, 1.807) is 60.7 Å². The fraction of sp³-hybridized carbons (Fsp3) is 0.350. The summed E-state index contributed by atoms with van der Waals surface area (Å²) in [6.45, 7) is 11.9. The number of hydrogen-bond donors (Lipinski definition) is 7. The Morgan fingerprint density at radius 2 is 1.15 bits per heavy atom. The van der Waals surface area contributed by atoms with Crippen molar-refractivity contribution in [3.05, 3.63) is 102 Å². The Kier molecular flexibility index (Phi) is 17.8. The van der Waals surface area contributed by atoms with E-state index in [9.17, 15) is 52.5 Å². The number of aldehydes is 1. The molecule has 320 valence electrons. The van der Waals surface area contributed by atoms with Crippen molar-refractivity contribution in [2.45, 2.75) is 77.7 Å². The molecule has 59 heavy (non-hydrogen) atoms. The largest absolute Gasteiger partial charge is 0.508 e. The first-order chi connectivity index (χ1) is 27.3. The second-order valence-electron chi connectivity index (χ2n) is 14.7. The van der Waals surface area contributed by atoms with E-state index >= 15 is 0 Å². The van der Waals surface area contributed by atoms with Crippen LogP contribution in [0.4, 0.5) is 13.2 Å². The number of rotatable bonds is 11. The van der Waals surface area contributed by atoms with E-state index in [1.165, 1.54) is 7.11 Å². The first-order valence-electron chi connectivity index (χ1n) is 17.6. The minimum absolute atomic E-state index is 0.105. The zero-order valence-electron chi connectivity index (χ0n) is 33.3. The summed E-state index contributed by atoms with van der Waals surface area (Å²) in [7, 11) is 1.22. The zero-order chi connectivity index (χ0) is 44.9. The molecule has 19 heteroatoms. The van der Waals surface area contributed by atoms with E-state index in [1.807, 2.05) is 41.5 Å². The lowest BCUT2D eigenvalue weighted by atomic mass is 9.87. The minimum atomic E-state index is -4.64. The van der Waals surface area contributed by atoms with Crippen molar-refractivity contribution in [3.8, 4) is 11.5 Å². The second-order valence-corrected chi connectivity index (χ2v) is 16.8. The quantitative estimate of drug-likeness (QED) is 0.0679. The number of hydrogen-bond acceptors (Lipinski definition) is 12. The number of phenolic OH excluding ortho intramolecular Hbond substituents is 2. The topological polar surface area (TPSA) is 234 Å². The second kappa shape index (κ2) is 21.3. The monoisotopic (exact) mass is 864 g/mol. The first-order valence-corrected chi connectivity index (χ1v) is 19.2. The summed E-state index contributed by atoms with van der Waals surface area (Å²) in [4.78, 5) is 70.9. The maximum Gasteiger partial charge on any atom is 0.446 e. The van der Waals surface area contributed by atoms with Crippen molar-refractivity contribution in [1.82, 2.24) is 16.0 Å². The molecule has 14 nitrogen and oxygen atoms in total. The van der Waals surface area contributed by atoms with Crippen LogP contribution in [-0.2, 0) is 38.2 Å². The number of nitrogens with two attached hydrogens (primary N) is 1. The number of alkyl halides is 3. The molecule has 0 radical (unpaired) electrons. The molecular formula is C40H47F3N4O10S2. The predicted molar refractivity (Wildman–Crippen MR) is 216 cm³/mol. The number of phenols is 2. The maximum absolute atomic E-state index is 12.8. The van der Waals surface area contributed by atoms with Crippen LogP contribution in [0, 0.1) is 0 Å². The SMILES string of the molecule is CC(C)(C)c1cc(C(=O)NCc2cccc(O)c2)sc1C(=O)O.COC(=O)[C@H](CN)NC(=O)c1sc(C(=O)NCc2cccc(O)c2)cc1C(C)(C)C.O=CC(F)(F)F. The van der Waals surface area contributed by atoms with Gasteiger partial charge in [0.15, 0.2) is 0 Å². The summed E-state index contributed by atoms with van der Waals surface area (Å²) in [6.07, 6.45) is -5.70. The molecule has 0 saturated heterocycles. The zero-order valence-corrected chi connectivity index (χ0v) is 34.9. The number of aromatic hydroxyl groups is 2. The molecule has 0 saturated carbocycles. The average molecular weight is 865 g/mol. The Balaban J connectivity index is 0.000000366. The van der Waals surface area contributed by atoms with Crippen LogP contribution in [0.15, 0.2) is 60.7 Å². The number of carbonyl (C=O) groups excluding carboxylic acids is 5. The molecule has 1 atom stereocenters. The van der Waals surface area contributed by atoms with Gasteiger partial charge in [0, 0.05) is 19.6 Å². The standard InChI is InChI=1S/C21H27N3O5S.C17H19NO4S.C2HF3O/c1-21(2,3)14-9-16(18(26)23-11-12-6-5-7-13(25)8-12)30-17(14)19(27)24-15(10-22)20(28)29-4;1-17(2,3)12-8-13(23-14(12)16(21)22)15(20)18-9-10-5-4-6-11(19)7-10;3-2(4,5)1-6/h5-9,15,25H,10-11,22H2,1-4H3,(H,23,26)(H,24,27);4-8,19H,9H2,1-3H3,(H,18,20)(H,21,22);1H/t15-;;/m0../s1. The van der Waals surface area contributed by atoms with Crippen LogP contribution in [0.25, 0.3) is 0 Å². The van der Waals surface area contributed by atoms with Gasteiger partial charge in [0.05, 0.1) is 21.7 Å². The van der Waals surface area contributed by atoms with Gasteiger partial charge >= 0.3 is 18.1 Å². The van der Waals surface area contributed by atoms with Crippen molar-refractivity contribution in [2.75, 3.05) is 13.7 Å².